The van der Waals surface area contributed by atoms with Crippen LogP contribution in [0.25, 0.3) is 10.9 Å². The van der Waals surface area contributed by atoms with Crippen LogP contribution in [0.2, 0.25) is 0 Å². The monoisotopic (exact) mass is 331 g/mol. The highest BCUT2D eigenvalue weighted by atomic mass is 16.5. The van der Waals surface area contributed by atoms with E-state index in [1.165, 1.54) is 39.0 Å². The summed E-state index contributed by atoms with van der Waals surface area (Å²) in [4.78, 5) is 3.71. The predicted octanol–water partition coefficient (Wildman–Crippen LogP) is 3.92. The number of benzene rings is 2. The first-order valence-corrected chi connectivity index (χ1v) is 9.33. The summed E-state index contributed by atoms with van der Waals surface area (Å²) in [6, 6.07) is 15.4. The van der Waals surface area contributed by atoms with Gasteiger partial charge in [0.1, 0.15) is 24.5 Å². The SMILES string of the molecule is CCC[N+]1=C(c2ccc3c(c2)CCO3)c2[nH]c3ccccc3c2CC1. The molecule has 5 rings (SSSR count). The Morgan fingerprint density at radius 1 is 1.12 bits per heavy atom. The number of aromatic amines is 1. The molecule has 0 saturated heterocycles. The van der Waals surface area contributed by atoms with Gasteiger partial charge >= 0.3 is 0 Å². The van der Waals surface area contributed by atoms with E-state index in [1.807, 2.05) is 0 Å². The zero-order chi connectivity index (χ0) is 16.8. The second-order valence-electron chi connectivity index (χ2n) is 7.03. The largest absolute Gasteiger partial charge is 0.493 e. The number of nitrogens with one attached hydrogen (secondary N) is 1. The zero-order valence-electron chi connectivity index (χ0n) is 14.6. The van der Waals surface area contributed by atoms with Crippen molar-refractivity contribution in [2.45, 2.75) is 26.2 Å². The number of fused-ring (bicyclic) bond motifs is 4. The fraction of sp³-hybridized carbons (Fsp3) is 0.318. The van der Waals surface area contributed by atoms with Crippen LogP contribution in [0, 0.1) is 0 Å². The predicted molar refractivity (Wildman–Crippen MR) is 101 cm³/mol. The number of ether oxygens (including phenoxy) is 1. The molecule has 3 heterocycles. The molecular weight excluding hydrogens is 308 g/mol. The van der Waals surface area contributed by atoms with E-state index in [0.717, 1.165) is 44.7 Å². The fourth-order valence-electron chi connectivity index (χ4n) is 4.33. The molecule has 0 atom stereocenters. The summed E-state index contributed by atoms with van der Waals surface area (Å²) in [7, 11) is 0. The van der Waals surface area contributed by atoms with Crippen molar-refractivity contribution in [1.29, 1.82) is 0 Å². The Labute approximate surface area is 148 Å². The summed E-state index contributed by atoms with van der Waals surface area (Å²) in [5, 5.41) is 1.37. The van der Waals surface area contributed by atoms with Gasteiger partial charge in [0, 0.05) is 35.7 Å². The van der Waals surface area contributed by atoms with E-state index in [4.69, 9.17) is 4.74 Å². The average molecular weight is 331 g/mol. The number of hydrogen-bond acceptors (Lipinski definition) is 1. The van der Waals surface area contributed by atoms with Gasteiger partial charge in [-0.2, -0.15) is 0 Å². The van der Waals surface area contributed by atoms with E-state index >= 15 is 0 Å². The molecule has 1 N–H and O–H groups in total. The van der Waals surface area contributed by atoms with Crippen molar-refractivity contribution in [3.63, 3.8) is 0 Å². The normalized spacial score (nSPS) is 16.0. The van der Waals surface area contributed by atoms with E-state index in [2.05, 4.69) is 58.9 Å². The molecule has 0 unspecified atom stereocenters. The maximum Gasteiger partial charge on any atom is 0.231 e. The molecule has 0 amide bonds. The number of aromatic nitrogens is 1. The van der Waals surface area contributed by atoms with E-state index in [0.29, 0.717) is 0 Å². The van der Waals surface area contributed by atoms with E-state index in [1.54, 1.807) is 0 Å². The summed E-state index contributed by atoms with van der Waals surface area (Å²) in [6.07, 6.45) is 3.29. The third kappa shape index (κ3) is 2.30. The fourth-order valence-corrected chi connectivity index (χ4v) is 4.33. The van der Waals surface area contributed by atoms with Crippen LogP contribution in [0.5, 0.6) is 5.75 Å². The topological polar surface area (TPSA) is 28.0 Å². The molecule has 0 saturated carbocycles. The number of para-hydroxylation sites is 1. The smallest absolute Gasteiger partial charge is 0.231 e. The number of H-pyrrole nitrogens is 1. The second kappa shape index (κ2) is 5.76. The van der Waals surface area contributed by atoms with Gasteiger partial charge in [0.25, 0.3) is 0 Å². The number of rotatable bonds is 3. The summed E-state index contributed by atoms with van der Waals surface area (Å²) in [6.45, 7) is 5.25. The Balaban J connectivity index is 1.74. The molecule has 0 spiro atoms. The second-order valence-corrected chi connectivity index (χ2v) is 7.03. The zero-order valence-corrected chi connectivity index (χ0v) is 14.6. The third-order valence-electron chi connectivity index (χ3n) is 5.45. The van der Waals surface area contributed by atoms with Crippen LogP contribution in [-0.4, -0.2) is 35.0 Å². The highest BCUT2D eigenvalue weighted by molar-refractivity contribution is 6.13. The number of hydrogen-bond donors (Lipinski definition) is 1. The maximum atomic E-state index is 5.70. The van der Waals surface area contributed by atoms with Crippen molar-refractivity contribution in [2.75, 3.05) is 19.7 Å². The number of nitrogens with zero attached hydrogens (tertiary/aromatic N) is 1. The van der Waals surface area contributed by atoms with Gasteiger partial charge in [0.2, 0.25) is 5.71 Å². The highest BCUT2D eigenvalue weighted by Gasteiger charge is 2.30. The molecule has 2 aliphatic rings. The van der Waals surface area contributed by atoms with Crippen LogP contribution in [0.3, 0.4) is 0 Å². The maximum absolute atomic E-state index is 5.70. The molecule has 1 aromatic heterocycles. The Bertz CT molecular complexity index is 996. The first-order chi connectivity index (χ1) is 12.3. The molecule has 3 heteroatoms. The average Bonchev–Trinajstić information content (AvgIpc) is 3.25. The molecule has 3 nitrogen and oxygen atoms in total. The lowest BCUT2D eigenvalue weighted by atomic mass is 9.95. The van der Waals surface area contributed by atoms with Crippen LogP contribution in [0.4, 0.5) is 0 Å². The van der Waals surface area contributed by atoms with Gasteiger partial charge in [0.05, 0.1) is 6.61 Å². The molecule has 0 aliphatic carbocycles. The first kappa shape index (κ1) is 14.8. The molecular formula is C22H23N2O+. The Morgan fingerprint density at radius 2 is 2.04 bits per heavy atom. The molecule has 0 bridgehead atoms. The molecule has 0 fully saturated rings. The molecule has 2 aliphatic heterocycles. The standard InChI is InChI=1S/C22H22N2O/c1-2-11-24-12-9-18-17-5-3-4-6-19(17)23-21(18)22(24)16-7-8-20-15(14-16)10-13-25-20/h3-8,14H,2,9-13H2,1H3/p+1. The Kier molecular flexibility index (Phi) is 3.40. The van der Waals surface area contributed by atoms with Crippen LogP contribution >= 0.6 is 0 Å². The third-order valence-corrected chi connectivity index (χ3v) is 5.45. The molecule has 3 aromatic rings. The van der Waals surface area contributed by atoms with Crippen molar-refractivity contribution < 1.29 is 9.31 Å². The van der Waals surface area contributed by atoms with Gasteiger partial charge in [-0.1, -0.05) is 25.1 Å². The van der Waals surface area contributed by atoms with Gasteiger partial charge < -0.3 is 9.72 Å². The Morgan fingerprint density at radius 3 is 2.96 bits per heavy atom. The highest BCUT2D eigenvalue weighted by Crippen LogP contribution is 2.31. The van der Waals surface area contributed by atoms with Crippen LogP contribution in [0.1, 0.15) is 35.7 Å². The summed E-state index contributed by atoms with van der Waals surface area (Å²) in [5.74, 6) is 1.05. The summed E-state index contributed by atoms with van der Waals surface area (Å²) >= 11 is 0. The summed E-state index contributed by atoms with van der Waals surface area (Å²) in [5.41, 5.74) is 8.02. The molecule has 2 aromatic carbocycles. The van der Waals surface area contributed by atoms with Crippen molar-refractivity contribution in [1.82, 2.24) is 4.98 Å². The van der Waals surface area contributed by atoms with Gasteiger partial charge in [-0.05, 0) is 35.4 Å². The van der Waals surface area contributed by atoms with Crippen molar-refractivity contribution >= 4 is 16.6 Å². The lowest BCUT2D eigenvalue weighted by molar-refractivity contribution is -0.528. The van der Waals surface area contributed by atoms with E-state index in [9.17, 15) is 0 Å². The van der Waals surface area contributed by atoms with Gasteiger partial charge in [-0.15, -0.1) is 0 Å². The van der Waals surface area contributed by atoms with Crippen molar-refractivity contribution in [2.24, 2.45) is 0 Å². The van der Waals surface area contributed by atoms with Gasteiger partial charge in [-0.25, -0.2) is 4.58 Å². The molecule has 126 valence electrons. The molecule has 0 radical (unpaired) electrons. The minimum Gasteiger partial charge on any atom is -0.493 e. The van der Waals surface area contributed by atoms with E-state index in [-0.39, 0.29) is 0 Å². The van der Waals surface area contributed by atoms with Gasteiger partial charge in [-0.3, -0.25) is 0 Å². The lowest BCUT2D eigenvalue weighted by Crippen LogP contribution is -2.31. The minimum atomic E-state index is 0.810. The quantitative estimate of drug-likeness (QED) is 0.724. The Hall–Kier alpha value is -2.55. The van der Waals surface area contributed by atoms with Crippen molar-refractivity contribution in [3.8, 4) is 5.75 Å². The molecule has 25 heavy (non-hydrogen) atoms. The van der Waals surface area contributed by atoms with Crippen molar-refractivity contribution in [3.05, 3.63) is 64.8 Å². The van der Waals surface area contributed by atoms with E-state index < -0.39 is 0 Å². The van der Waals surface area contributed by atoms with Crippen LogP contribution < -0.4 is 4.74 Å². The van der Waals surface area contributed by atoms with Crippen LogP contribution in [0.15, 0.2) is 42.5 Å². The van der Waals surface area contributed by atoms with Crippen LogP contribution in [-0.2, 0) is 12.8 Å². The minimum absolute atomic E-state index is 0.810. The lowest BCUT2D eigenvalue weighted by Gasteiger charge is -2.16. The first-order valence-electron chi connectivity index (χ1n) is 9.33. The van der Waals surface area contributed by atoms with Gasteiger partial charge in [0.15, 0.2) is 0 Å². The summed E-state index contributed by atoms with van der Waals surface area (Å²) < 4.78 is 8.25.